The summed E-state index contributed by atoms with van der Waals surface area (Å²) < 4.78 is 10.4. The summed E-state index contributed by atoms with van der Waals surface area (Å²) in [6.07, 6.45) is 3.94. The van der Waals surface area contributed by atoms with E-state index in [0.29, 0.717) is 23.8 Å². The summed E-state index contributed by atoms with van der Waals surface area (Å²) in [5.74, 6) is 0.0713. The zero-order valence-electron chi connectivity index (χ0n) is 15.2. The molecule has 1 heterocycles. The Balaban J connectivity index is 2.07. The molecule has 0 aliphatic carbocycles. The normalized spacial score (nSPS) is 10.7. The molecule has 0 unspecified atom stereocenters. The van der Waals surface area contributed by atoms with Gasteiger partial charge in [-0.05, 0) is 50.1 Å². The number of carbonyl (C=O) groups excluding carboxylic acids is 2. The highest BCUT2D eigenvalue weighted by atomic mass is 32.1. The summed E-state index contributed by atoms with van der Waals surface area (Å²) in [6, 6.07) is 9.23. The second-order valence-electron chi connectivity index (χ2n) is 5.35. The molecule has 138 valence electrons. The molecule has 1 N–H and O–H groups in total. The quantitative estimate of drug-likeness (QED) is 0.545. The number of rotatable bonds is 8. The highest BCUT2D eigenvalue weighted by Crippen LogP contribution is 2.29. The Morgan fingerprint density at radius 2 is 1.85 bits per heavy atom. The molecular weight excluding hydrogens is 350 g/mol. The minimum atomic E-state index is -0.422. The number of nitrogens with one attached hydrogen (secondary N) is 1. The number of aryl methyl sites for hydroxylation is 1. The van der Waals surface area contributed by atoms with E-state index in [1.807, 2.05) is 38.1 Å². The molecule has 0 radical (unpaired) electrons. The summed E-state index contributed by atoms with van der Waals surface area (Å²) in [4.78, 5) is 25.3. The lowest BCUT2D eigenvalue weighted by Crippen LogP contribution is -2.11. The first-order valence-electron chi connectivity index (χ1n) is 8.59. The van der Waals surface area contributed by atoms with Crippen molar-refractivity contribution in [3.8, 4) is 5.75 Å². The molecule has 0 atom stereocenters. The summed E-state index contributed by atoms with van der Waals surface area (Å²) in [6.45, 7) is 6.58. The van der Waals surface area contributed by atoms with Gasteiger partial charge in [0.05, 0.1) is 18.8 Å². The first-order chi connectivity index (χ1) is 12.6. The van der Waals surface area contributed by atoms with Crippen LogP contribution in [0.2, 0.25) is 0 Å². The van der Waals surface area contributed by atoms with Crippen LogP contribution in [0.4, 0.5) is 5.00 Å². The van der Waals surface area contributed by atoms with Crippen molar-refractivity contribution in [1.29, 1.82) is 0 Å². The number of benzene rings is 1. The number of ether oxygens (including phenoxy) is 2. The number of hydrogen-bond donors (Lipinski definition) is 1. The van der Waals surface area contributed by atoms with Gasteiger partial charge >= 0.3 is 5.97 Å². The van der Waals surface area contributed by atoms with Crippen molar-refractivity contribution in [1.82, 2.24) is 0 Å². The third kappa shape index (κ3) is 5.46. The molecule has 0 bridgehead atoms. The molecule has 0 saturated carbocycles. The molecule has 0 fully saturated rings. The van der Waals surface area contributed by atoms with Crippen molar-refractivity contribution >= 4 is 34.3 Å². The van der Waals surface area contributed by atoms with E-state index < -0.39 is 5.97 Å². The first kappa shape index (κ1) is 19.7. The van der Waals surface area contributed by atoms with E-state index in [1.165, 1.54) is 17.4 Å². The van der Waals surface area contributed by atoms with Gasteiger partial charge in [-0.1, -0.05) is 19.1 Å². The zero-order valence-corrected chi connectivity index (χ0v) is 16.0. The topological polar surface area (TPSA) is 64.6 Å². The predicted molar refractivity (Wildman–Crippen MR) is 105 cm³/mol. The Hall–Kier alpha value is -2.60. The second kappa shape index (κ2) is 9.77. The van der Waals surface area contributed by atoms with Gasteiger partial charge in [-0.2, -0.15) is 0 Å². The molecule has 2 rings (SSSR count). The maximum Gasteiger partial charge on any atom is 0.341 e. The van der Waals surface area contributed by atoms with Crippen molar-refractivity contribution < 1.29 is 19.1 Å². The van der Waals surface area contributed by atoms with Crippen LogP contribution in [-0.4, -0.2) is 25.1 Å². The Morgan fingerprint density at radius 3 is 2.46 bits per heavy atom. The third-order valence-electron chi connectivity index (χ3n) is 3.48. The van der Waals surface area contributed by atoms with Crippen molar-refractivity contribution in [3.05, 3.63) is 52.4 Å². The van der Waals surface area contributed by atoms with E-state index in [9.17, 15) is 9.59 Å². The van der Waals surface area contributed by atoms with Crippen LogP contribution >= 0.6 is 11.3 Å². The average Bonchev–Trinajstić information content (AvgIpc) is 3.04. The summed E-state index contributed by atoms with van der Waals surface area (Å²) in [5.41, 5.74) is 1.28. The van der Waals surface area contributed by atoms with Gasteiger partial charge in [0, 0.05) is 11.0 Å². The summed E-state index contributed by atoms with van der Waals surface area (Å²) in [5, 5.41) is 3.29. The van der Waals surface area contributed by atoms with Gasteiger partial charge in [-0.15, -0.1) is 11.3 Å². The van der Waals surface area contributed by atoms with Crippen LogP contribution in [0.15, 0.2) is 36.4 Å². The Kier molecular flexibility index (Phi) is 7.41. The smallest absolute Gasteiger partial charge is 0.341 e. The number of thiophene rings is 1. The minimum absolute atomic E-state index is 0.293. The van der Waals surface area contributed by atoms with E-state index in [4.69, 9.17) is 9.47 Å². The highest BCUT2D eigenvalue weighted by Gasteiger charge is 2.17. The maximum absolute atomic E-state index is 12.2. The van der Waals surface area contributed by atoms with Crippen molar-refractivity contribution in [2.45, 2.75) is 27.2 Å². The molecule has 1 aromatic carbocycles. The molecule has 0 aliphatic heterocycles. The largest absolute Gasteiger partial charge is 0.494 e. The molecule has 0 saturated heterocycles. The van der Waals surface area contributed by atoms with E-state index in [0.717, 1.165) is 22.6 Å². The highest BCUT2D eigenvalue weighted by molar-refractivity contribution is 7.16. The average molecular weight is 373 g/mol. The predicted octanol–water partition coefficient (Wildman–Crippen LogP) is 4.54. The van der Waals surface area contributed by atoms with Gasteiger partial charge < -0.3 is 14.8 Å². The van der Waals surface area contributed by atoms with Crippen LogP contribution in [-0.2, 0) is 16.0 Å². The number of esters is 1. The van der Waals surface area contributed by atoms with Gasteiger partial charge in [0.15, 0.2) is 0 Å². The molecule has 0 aliphatic rings. The monoisotopic (exact) mass is 373 g/mol. The number of carbonyl (C=O) groups is 2. The fourth-order valence-electron chi connectivity index (χ4n) is 2.24. The van der Waals surface area contributed by atoms with Crippen molar-refractivity contribution in [2.24, 2.45) is 0 Å². The van der Waals surface area contributed by atoms with Crippen LogP contribution in [0.3, 0.4) is 0 Å². The van der Waals surface area contributed by atoms with Crippen LogP contribution in [0, 0.1) is 0 Å². The molecular formula is C20H23NO4S. The molecule has 1 aromatic heterocycles. The standard InChI is InChI=1S/C20H23NO4S/c1-4-16-13-17(20(23)25-6-3)19(26-16)21-18(22)12-9-14-7-10-15(11-8-14)24-5-2/h7-13H,4-6H2,1-3H3,(H,21,22). The lowest BCUT2D eigenvalue weighted by molar-refractivity contribution is -0.111. The third-order valence-corrected chi connectivity index (χ3v) is 4.68. The fraction of sp³-hybridized carbons (Fsp3) is 0.300. The number of amides is 1. The fourth-order valence-corrected chi connectivity index (χ4v) is 3.22. The van der Waals surface area contributed by atoms with Gasteiger partial charge in [0.25, 0.3) is 0 Å². The summed E-state index contributed by atoms with van der Waals surface area (Å²) >= 11 is 1.39. The lowest BCUT2D eigenvalue weighted by atomic mass is 10.2. The van der Waals surface area contributed by atoms with Crippen LogP contribution in [0.25, 0.3) is 6.08 Å². The SMILES string of the molecule is CCOC(=O)c1cc(CC)sc1NC(=O)C=Cc1ccc(OCC)cc1. The van der Waals surface area contributed by atoms with Gasteiger partial charge in [-0.25, -0.2) is 4.79 Å². The minimum Gasteiger partial charge on any atom is -0.494 e. The van der Waals surface area contributed by atoms with Crippen molar-refractivity contribution in [3.63, 3.8) is 0 Å². The van der Waals surface area contributed by atoms with Crippen LogP contribution in [0.5, 0.6) is 5.75 Å². The van der Waals surface area contributed by atoms with Gasteiger partial charge in [0.2, 0.25) is 5.91 Å². The lowest BCUT2D eigenvalue weighted by Gasteiger charge is -2.04. The zero-order chi connectivity index (χ0) is 18.9. The molecule has 5 nitrogen and oxygen atoms in total. The Morgan fingerprint density at radius 1 is 1.12 bits per heavy atom. The molecule has 2 aromatic rings. The molecule has 0 spiro atoms. The maximum atomic E-state index is 12.2. The molecule has 1 amide bonds. The molecule has 6 heteroatoms. The van der Waals surface area contributed by atoms with Gasteiger partial charge in [0.1, 0.15) is 10.8 Å². The number of anilines is 1. The van der Waals surface area contributed by atoms with E-state index in [1.54, 1.807) is 19.1 Å². The first-order valence-corrected chi connectivity index (χ1v) is 9.40. The van der Waals surface area contributed by atoms with Gasteiger partial charge in [-0.3, -0.25) is 4.79 Å². The van der Waals surface area contributed by atoms with E-state index >= 15 is 0 Å². The second-order valence-corrected chi connectivity index (χ2v) is 6.49. The molecule has 26 heavy (non-hydrogen) atoms. The van der Waals surface area contributed by atoms with E-state index in [-0.39, 0.29) is 5.91 Å². The van der Waals surface area contributed by atoms with E-state index in [2.05, 4.69) is 5.32 Å². The Labute approximate surface area is 157 Å². The Bertz CT molecular complexity index is 778. The van der Waals surface area contributed by atoms with Crippen LogP contribution in [0.1, 0.15) is 41.6 Å². The number of hydrogen-bond acceptors (Lipinski definition) is 5. The van der Waals surface area contributed by atoms with Crippen molar-refractivity contribution in [2.75, 3.05) is 18.5 Å². The van der Waals surface area contributed by atoms with Crippen LogP contribution < -0.4 is 10.1 Å². The summed E-state index contributed by atoms with van der Waals surface area (Å²) in [7, 11) is 0.